The zero-order valence-corrected chi connectivity index (χ0v) is 20.4. The first-order valence-corrected chi connectivity index (χ1v) is 12.5. The Hall–Kier alpha value is -4.00. The van der Waals surface area contributed by atoms with Crippen molar-refractivity contribution in [3.63, 3.8) is 0 Å². The zero-order valence-electron chi connectivity index (χ0n) is 20.4. The number of ether oxygens (including phenoxy) is 1. The molecule has 2 aromatic carbocycles. The summed E-state index contributed by atoms with van der Waals surface area (Å²) in [6.07, 6.45) is 8.48. The van der Waals surface area contributed by atoms with Gasteiger partial charge in [-0.15, -0.1) is 0 Å². The largest absolute Gasteiger partial charge is 0.492 e. The van der Waals surface area contributed by atoms with Crippen molar-refractivity contribution in [2.75, 3.05) is 24.6 Å². The lowest BCUT2D eigenvalue weighted by Crippen LogP contribution is -2.30. The molecule has 4 aromatic rings. The van der Waals surface area contributed by atoms with E-state index in [4.69, 9.17) is 19.8 Å². The van der Waals surface area contributed by atoms with Crippen molar-refractivity contribution in [2.24, 2.45) is 0 Å². The molecule has 4 rings (SSSR count). The van der Waals surface area contributed by atoms with Crippen LogP contribution >= 0.6 is 0 Å². The number of carboxylic acid groups (broad SMARTS) is 1. The van der Waals surface area contributed by atoms with Gasteiger partial charge in [-0.05, 0) is 49.2 Å². The van der Waals surface area contributed by atoms with Crippen LogP contribution < -0.4 is 9.64 Å². The predicted molar refractivity (Wildman–Crippen MR) is 142 cm³/mol. The second kappa shape index (κ2) is 13.2. The summed E-state index contributed by atoms with van der Waals surface area (Å²) in [4.78, 5) is 27.1. The molecule has 0 spiro atoms. The third-order valence-corrected chi connectivity index (χ3v) is 5.99. The van der Waals surface area contributed by atoms with Gasteiger partial charge in [0.05, 0.1) is 12.1 Å². The number of aromatic nitrogens is 3. The monoisotopic (exact) mass is 484 g/mol. The topological polar surface area (TPSA) is 88.4 Å². The maximum Gasteiger partial charge on any atom is 0.303 e. The molecule has 7 nitrogen and oxygen atoms in total. The van der Waals surface area contributed by atoms with Crippen LogP contribution in [0.2, 0.25) is 0 Å². The van der Waals surface area contributed by atoms with E-state index in [1.165, 1.54) is 0 Å². The Morgan fingerprint density at radius 1 is 0.833 bits per heavy atom. The first kappa shape index (κ1) is 25.1. The average Bonchev–Trinajstić information content (AvgIpc) is 2.92. The van der Waals surface area contributed by atoms with Crippen molar-refractivity contribution in [2.45, 2.75) is 38.5 Å². The number of hydrogen-bond donors (Lipinski definition) is 1. The summed E-state index contributed by atoms with van der Waals surface area (Å²) >= 11 is 0. The molecule has 0 aliphatic heterocycles. The summed E-state index contributed by atoms with van der Waals surface area (Å²) in [5.74, 6) is 1.67. The van der Waals surface area contributed by atoms with Gasteiger partial charge in [0.1, 0.15) is 18.2 Å². The SMILES string of the molecule is O=C(O)CCCCCCCN(CCOc1ccccc1)c1nc(-c2cccnc2)nc2ccccc12. The Morgan fingerprint density at radius 3 is 2.42 bits per heavy atom. The lowest BCUT2D eigenvalue weighted by atomic mass is 10.1. The maximum absolute atomic E-state index is 10.7. The first-order chi connectivity index (χ1) is 17.7. The van der Waals surface area contributed by atoms with Gasteiger partial charge in [0, 0.05) is 36.3 Å². The van der Waals surface area contributed by atoms with E-state index in [-0.39, 0.29) is 6.42 Å². The number of rotatable bonds is 14. The van der Waals surface area contributed by atoms with Gasteiger partial charge in [-0.25, -0.2) is 9.97 Å². The number of anilines is 1. The fourth-order valence-electron chi connectivity index (χ4n) is 4.15. The van der Waals surface area contributed by atoms with E-state index >= 15 is 0 Å². The van der Waals surface area contributed by atoms with Crippen LogP contribution in [0.3, 0.4) is 0 Å². The number of carboxylic acids is 1. The molecule has 7 heteroatoms. The average molecular weight is 485 g/mol. The Balaban J connectivity index is 1.52. The molecule has 0 amide bonds. The molecule has 1 N–H and O–H groups in total. The quantitative estimate of drug-likeness (QED) is 0.220. The minimum absolute atomic E-state index is 0.243. The lowest BCUT2D eigenvalue weighted by molar-refractivity contribution is -0.137. The van der Waals surface area contributed by atoms with Gasteiger partial charge in [0.25, 0.3) is 0 Å². The van der Waals surface area contributed by atoms with E-state index in [9.17, 15) is 4.79 Å². The molecule has 36 heavy (non-hydrogen) atoms. The fourth-order valence-corrected chi connectivity index (χ4v) is 4.15. The molecule has 186 valence electrons. The summed E-state index contributed by atoms with van der Waals surface area (Å²) in [6.45, 7) is 2.04. The first-order valence-electron chi connectivity index (χ1n) is 12.5. The molecule has 0 aliphatic rings. The second-order valence-electron chi connectivity index (χ2n) is 8.69. The minimum atomic E-state index is -0.723. The number of nitrogens with zero attached hydrogens (tertiary/aromatic N) is 4. The summed E-state index contributed by atoms with van der Waals surface area (Å²) in [7, 11) is 0. The van der Waals surface area contributed by atoms with E-state index < -0.39 is 5.97 Å². The Morgan fingerprint density at radius 2 is 1.61 bits per heavy atom. The highest BCUT2D eigenvalue weighted by Crippen LogP contribution is 2.28. The molecule has 0 saturated carbocycles. The molecule has 0 aliphatic carbocycles. The Labute approximate surface area is 211 Å². The van der Waals surface area contributed by atoms with Crippen LogP contribution in [0, 0.1) is 0 Å². The number of pyridine rings is 1. The molecular weight excluding hydrogens is 452 g/mol. The molecule has 0 fully saturated rings. The highest BCUT2D eigenvalue weighted by Gasteiger charge is 2.16. The zero-order chi connectivity index (χ0) is 25.0. The van der Waals surface area contributed by atoms with Crippen LogP contribution in [-0.2, 0) is 4.79 Å². The van der Waals surface area contributed by atoms with Crippen LogP contribution in [0.25, 0.3) is 22.3 Å². The van der Waals surface area contributed by atoms with Crippen molar-refractivity contribution >= 4 is 22.7 Å². The van der Waals surface area contributed by atoms with E-state index in [1.807, 2.05) is 60.7 Å². The fraction of sp³-hybridized carbons (Fsp3) is 0.310. The molecule has 0 bridgehead atoms. The molecule has 0 saturated heterocycles. The van der Waals surface area contributed by atoms with Gasteiger partial charge in [0.2, 0.25) is 0 Å². The summed E-state index contributed by atoms with van der Waals surface area (Å²) in [5, 5.41) is 9.84. The third kappa shape index (κ3) is 7.25. The highest BCUT2D eigenvalue weighted by molar-refractivity contribution is 5.91. The normalized spacial score (nSPS) is 10.9. The number of benzene rings is 2. The van der Waals surface area contributed by atoms with Crippen molar-refractivity contribution < 1.29 is 14.6 Å². The summed E-state index contributed by atoms with van der Waals surface area (Å²) < 4.78 is 6.02. The molecule has 2 heterocycles. The van der Waals surface area contributed by atoms with Gasteiger partial charge < -0.3 is 14.7 Å². The van der Waals surface area contributed by atoms with E-state index in [0.29, 0.717) is 19.0 Å². The Bertz CT molecular complexity index is 1240. The highest BCUT2D eigenvalue weighted by atomic mass is 16.5. The molecule has 0 atom stereocenters. The maximum atomic E-state index is 10.7. The smallest absolute Gasteiger partial charge is 0.303 e. The van der Waals surface area contributed by atoms with E-state index in [0.717, 1.165) is 66.7 Å². The standard InChI is InChI=1S/C29H32N4O3/c34-27(35)17-7-2-1-3-10-19-33(20-21-36-24-13-5-4-6-14-24)29-25-15-8-9-16-26(25)31-28(32-29)23-12-11-18-30-22-23/h4-6,8-9,11-16,18,22H,1-3,7,10,17,19-21H2,(H,34,35). The number of carbonyl (C=O) groups is 1. The second-order valence-corrected chi connectivity index (χ2v) is 8.69. The molecule has 2 aromatic heterocycles. The van der Waals surface area contributed by atoms with E-state index in [2.05, 4.69) is 16.0 Å². The van der Waals surface area contributed by atoms with Gasteiger partial charge >= 0.3 is 5.97 Å². The van der Waals surface area contributed by atoms with Gasteiger partial charge in [-0.2, -0.15) is 0 Å². The Kier molecular flexibility index (Phi) is 9.19. The van der Waals surface area contributed by atoms with Crippen LogP contribution in [0.1, 0.15) is 38.5 Å². The van der Waals surface area contributed by atoms with Crippen LogP contribution in [0.15, 0.2) is 79.1 Å². The molecule has 0 radical (unpaired) electrons. The van der Waals surface area contributed by atoms with Crippen LogP contribution in [0.4, 0.5) is 5.82 Å². The number of aliphatic carboxylic acids is 1. The minimum Gasteiger partial charge on any atom is -0.492 e. The summed E-state index contributed by atoms with van der Waals surface area (Å²) in [6, 6.07) is 21.8. The van der Waals surface area contributed by atoms with Gasteiger partial charge in [-0.3, -0.25) is 9.78 Å². The molecule has 0 unspecified atom stereocenters. The number of para-hydroxylation sites is 2. The van der Waals surface area contributed by atoms with Crippen LogP contribution in [-0.4, -0.2) is 45.7 Å². The van der Waals surface area contributed by atoms with Gasteiger partial charge in [0.15, 0.2) is 5.82 Å². The predicted octanol–water partition coefficient (Wildman–Crippen LogP) is 6.00. The van der Waals surface area contributed by atoms with Crippen molar-refractivity contribution in [1.29, 1.82) is 0 Å². The summed E-state index contributed by atoms with van der Waals surface area (Å²) in [5.41, 5.74) is 1.77. The number of hydrogen-bond acceptors (Lipinski definition) is 6. The lowest BCUT2D eigenvalue weighted by Gasteiger charge is -2.25. The number of unbranched alkanes of at least 4 members (excludes halogenated alkanes) is 4. The number of fused-ring (bicyclic) bond motifs is 1. The van der Waals surface area contributed by atoms with Gasteiger partial charge in [-0.1, -0.05) is 49.6 Å². The van der Waals surface area contributed by atoms with E-state index in [1.54, 1.807) is 12.4 Å². The van der Waals surface area contributed by atoms with Crippen molar-refractivity contribution in [1.82, 2.24) is 15.0 Å². The van der Waals surface area contributed by atoms with Crippen LogP contribution in [0.5, 0.6) is 5.75 Å². The van der Waals surface area contributed by atoms with Crippen molar-refractivity contribution in [3.05, 3.63) is 79.1 Å². The third-order valence-electron chi connectivity index (χ3n) is 5.99. The molecular formula is C29H32N4O3. The van der Waals surface area contributed by atoms with Crippen molar-refractivity contribution in [3.8, 4) is 17.1 Å².